The van der Waals surface area contributed by atoms with Crippen molar-refractivity contribution in [3.8, 4) is 11.4 Å². The van der Waals surface area contributed by atoms with E-state index in [-0.39, 0.29) is 0 Å². The molecular weight excluding hydrogens is 548 g/mol. The number of hydrogen-bond acceptors (Lipinski definition) is 3. The van der Waals surface area contributed by atoms with Crippen molar-refractivity contribution in [2.45, 2.75) is 39.7 Å². The van der Waals surface area contributed by atoms with Crippen LogP contribution in [-0.2, 0) is 5.54 Å². The van der Waals surface area contributed by atoms with Gasteiger partial charge in [-0.2, -0.15) is 5.10 Å². The Hall–Kier alpha value is -5.35. The van der Waals surface area contributed by atoms with Crippen molar-refractivity contribution in [2.24, 2.45) is 4.99 Å². The number of aliphatic imine (C=N–C) groups is 1. The molecule has 3 heterocycles. The molecule has 0 fully saturated rings. The van der Waals surface area contributed by atoms with Gasteiger partial charge in [-0.1, -0.05) is 116 Å². The Morgan fingerprint density at radius 3 is 2.11 bits per heavy atom. The summed E-state index contributed by atoms with van der Waals surface area (Å²) in [5.41, 5.74) is 11.8. The summed E-state index contributed by atoms with van der Waals surface area (Å²) in [6.07, 6.45) is 11.0. The number of hydrogen-bond donors (Lipinski definition) is 0. The third-order valence-electron chi connectivity index (χ3n) is 8.72. The van der Waals surface area contributed by atoms with Gasteiger partial charge in [0.15, 0.2) is 0 Å². The highest BCUT2D eigenvalue weighted by Gasteiger charge is 2.41. The van der Waals surface area contributed by atoms with Gasteiger partial charge in [-0.05, 0) is 79.3 Å². The van der Waals surface area contributed by atoms with Crippen molar-refractivity contribution in [1.29, 1.82) is 0 Å². The van der Waals surface area contributed by atoms with E-state index in [1.807, 2.05) is 25.3 Å². The first kappa shape index (κ1) is 29.7. The molecule has 0 spiro atoms. The zero-order chi connectivity index (χ0) is 31.4. The number of nitrogens with zero attached hydrogens (tertiary/aromatic N) is 4. The van der Waals surface area contributed by atoms with Crippen molar-refractivity contribution in [3.05, 3.63) is 179 Å². The number of rotatable bonds is 8. The van der Waals surface area contributed by atoms with E-state index in [0.29, 0.717) is 6.42 Å². The summed E-state index contributed by atoms with van der Waals surface area (Å²) >= 11 is 0. The maximum atomic E-state index is 5.51. The lowest BCUT2D eigenvalue weighted by molar-refractivity contribution is 0.440. The van der Waals surface area contributed by atoms with E-state index in [0.717, 1.165) is 61.9 Å². The Kier molecular flexibility index (Phi) is 8.39. The molecule has 0 atom stereocenters. The van der Waals surface area contributed by atoms with Gasteiger partial charge in [0, 0.05) is 29.6 Å². The molecule has 0 bridgehead atoms. The summed E-state index contributed by atoms with van der Waals surface area (Å²) < 4.78 is 2.22. The van der Waals surface area contributed by atoms with E-state index >= 15 is 0 Å². The molecule has 45 heavy (non-hydrogen) atoms. The average Bonchev–Trinajstić information content (AvgIpc) is 3.25. The topological polar surface area (TPSA) is 43.1 Å². The lowest BCUT2D eigenvalue weighted by Gasteiger charge is -2.38. The standard InChI is InChI=1S/C41H38N4/c1-6-29(3)41(35-16-10-8-11-17-35,36-18-12-9-13-19-36)45-31(5)39(40(44-45)38-20-14-15-30(4)43-38)34-25-26-37(42-28-27-34)33-23-21-32(7-2)22-24-33/h6-25,27-28H,2,26H2,1,3-5H3/b29-6+. The van der Waals surface area contributed by atoms with Crippen molar-refractivity contribution >= 4 is 17.4 Å². The van der Waals surface area contributed by atoms with Gasteiger partial charge in [-0.3, -0.25) is 9.98 Å². The number of benzene rings is 3. The van der Waals surface area contributed by atoms with Gasteiger partial charge in [0.05, 0.1) is 11.4 Å². The predicted molar refractivity (Wildman–Crippen MR) is 188 cm³/mol. The van der Waals surface area contributed by atoms with Gasteiger partial charge in [-0.25, -0.2) is 4.68 Å². The molecule has 2 aromatic heterocycles. The molecule has 4 nitrogen and oxygen atoms in total. The average molecular weight is 587 g/mol. The molecule has 6 rings (SSSR count). The summed E-state index contributed by atoms with van der Waals surface area (Å²) in [5, 5.41) is 5.51. The van der Waals surface area contributed by atoms with Crippen LogP contribution in [0, 0.1) is 13.8 Å². The van der Waals surface area contributed by atoms with E-state index in [2.05, 4.69) is 147 Å². The van der Waals surface area contributed by atoms with E-state index in [9.17, 15) is 0 Å². The largest absolute Gasteiger partial charge is 0.260 e. The number of allylic oxidation sites excluding steroid dienone is 5. The Labute approximate surface area is 266 Å². The molecule has 3 aromatic carbocycles. The lowest BCUT2D eigenvalue weighted by Crippen LogP contribution is -2.39. The van der Waals surface area contributed by atoms with Gasteiger partial charge in [0.25, 0.3) is 0 Å². The highest BCUT2D eigenvalue weighted by molar-refractivity contribution is 6.03. The van der Waals surface area contributed by atoms with Gasteiger partial charge in [0.1, 0.15) is 11.2 Å². The lowest BCUT2D eigenvalue weighted by atomic mass is 9.77. The van der Waals surface area contributed by atoms with Gasteiger partial charge in [-0.15, -0.1) is 0 Å². The molecule has 222 valence electrons. The quantitative estimate of drug-likeness (QED) is 0.170. The molecule has 0 N–H and O–H groups in total. The minimum atomic E-state index is -0.679. The fraction of sp³-hybridized carbons (Fsp3) is 0.146. The summed E-state index contributed by atoms with van der Waals surface area (Å²) in [6.45, 7) is 12.4. The molecule has 0 saturated carbocycles. The van der Waals surface area contributed by atoms with E-state index in [1.165, 1.54) is 5.57 Å². The summed E-state index contributed by atoms with van der Waals surface area (Å²) in [6, 6.07) is 35.9. The molecule has 0 aliphatic carbocycles. The molecule has 5 aromatic rings. The Balaban J connectivity index is 1.60. The fourth-order valence-electron chi connectivity index (χ4n) is 6.35. The minimum Gasteiger partial charge on any atom is -0.260 e. The Bertz CT molecular complexity index is 1910. The van der Waals surface area contributed by atoms with Crippen LogP contribution in [0.1, 0.15) is 59.5 Å². The zero-order valence-corrected chi connectivity index (χ0v) is 26.4. The highest BCUT2D eigenvalue weighted by atomic mass is 15.3. The third-order valence-corrected chi connectivity index (χ3v) is 8.72. The number of aromatic nitrogens is 3. The molecule has 1 aliphatic heterocycles. The van der Waals surface area contributed by atoms with Crippen molar-refractivity contribution in [3.63, 3.8) is 0 Å². The minimum absolute atomic E-state index is 0.679. The molecule has 4 heteroatoms. The number of aryl methyl sites for hydroxylation is 1. The van der Waals surface area contributed by atoms with Crippen LogP contribution in [0.2, 0.25) is 0 Å². The van der Waals surface area contributed by atoms with Crippen molar-refractivity contribution in [2.75, 3.05) is 0 Å². The second kappa shape index (κ2) is 12.7. The summed E-state index contributed by atoms with van der Waals surface area (Å²) in [5.74, 6) is 0. The van der Waals surface area contributed by atoms with Crippen LogP contribution in [0.3, 0.4) is 0 Å². The summed E-state index contributed by atoms with van der Waals surface area (Å²) in [7, 11) is 0. The zero-order valence-electron chi connectivity index (χ0n) is 26.4. The van der Waals surface area contributed by atoms with Gasteiger partial charge >= 0.3 is 0 Å². The normalized spacial score (nSPS) is 13.6. The van der Waals surface area contributed by atoms with E-state index in [4.69, 9.17) is 15.1 Å². The second-order valence-electron chi connectivity index (χ2n) is 11.4. The van der Waals surface area contributed by atoms with Crippen LogP contribution in [0.4, 0.5) is 0 Å². The molecule has 0 unspecified atom stereocenters. The van der Waals surface area contributed by atoms with E-state index < -0.39 is 5.54 Å². The predicted octanol–water partition coefficient (Wildman–Crippen LogP) is 9.75. The molecular formula is C41H38N4. The van der Waals surface area contributed by atoms with Crippen LogP contribution in [0.25, 0.3) is 23.0 Å². The first-order chi connectivity index (χ1) is 22.0. The molecule has 0 saturated heterocycles. The third kappa shape index (κ3) is 5.44. The first-order valence-corrected chi connectivity index (χ1v) is 15.4. The molecule has 1 aliphatic rings. The maximum Gasteiger partial charge on any atom is 0.134 e. The van der Waals surface area contributed by atoms with Gasteiger partial charge < -0.3 is 0 Å². The van der Waals surface area contributed by atoms with Crippen LogP contribution < -0.4 is 0 Å². The smallest absolute Gasteiger partial charge is 0.134 e. The Morgan fingerprint density at radius 1 is 0.844 bits per heavy atom. The highest BCUT2D eigenvalue weighted by Crippen LogP contribution is 2.44. The Morgan fingerprint density at radius 2 is 1.51 bits per heavy atom. The molecule has 0 radical (unpaired) electrons. The van der Waals surface area contributed by atoms with Crippen LogP contribution in [0.15, 0.2) is 145 Å². The monoisotopic (exact) mass is 586 g/mol. The van der Waals surface area contributed by atoms with Crippen LogP contribution in [0.5, 0.6) is 0 Å². The van der Waals surface area contributed by atoms with Crippen LogP contribution >= 0.6 is 0 Å². The van der Waals surface area contributed by atoms with Crippen LogP contribution in [-0.4, -0.2) is 20.5 Å². The van der Waals surface area contributed by atoms with Gasteiger partial charge in [0.2, 0.25) is 0 Å². The van der Waals surface area contributed by atoms with E-state index in [1.54, 1.807) is 0 Å². The molecule has 0 amide bonds. The second-order valence-corrected chi connectivity index (χ2v) is 11.4. The van der Waals surface area contributed by atoms with Crippen molar-refractivity contribution in [1.82, 2.24) is 14.8 Å². The SMILES string of the molecule is C=Cc1ccc(C2=NC=CC(c3c(-c4cccc(C)n4)nn(C(/C(C)=C/C)(c4ccccc4)c4ccccc4)c3C)=CC2)cc1. The van der Waals surface area contributed by atoms with Crippen molar-refractivity contribution < 1.29 is 0 Å². The summed E-state index contributed by atoms with van der Waals surface area (Å²) in [4.78, 5) is 9.84. The fourth-order valence-corrected chi connectivity index (χ4v) is 6.35. The first-order valence-electron chi connectivity index (χ1n) is 15.4. The maximum absolute atomic E-state index is 5.51. The number of pyridine rings is 1.